The fourth-order valence-electron chi connectivity index (χ4n) is 1.26. The normalized spacial score (nSPS) is 12.3. The predicted molar refractivity (Wildman–Crippen MR) is 65.1 cm³/mol. The van der Waals surface area contributed by atoms with Gasteiger partial charge in [-0.1, -0.05) is 27.5 Å². The molecule has 0 aromatic heterocycles. The Morgan fingerprint density at radius 2 is 2.13 bits per heavy atom. The molecule has 0 fully saturated rings. The van der Waals surface area contributed by atoms with Gasteiger partial charge in [0.25, 0.3) is 0 Å². The van der Waals surface area contributed by atoms with Crippen molar-refractivity contribution in [1.29, 1.82) is 0 Å². The Hall–Kier alpha value is -0.540. The zero-order valence-corrected chi connectivity index (χ0v) is 11.1. The number of halogens is 2. The Morgan fingerprint density at radius 1 is 1.53 bits per heavy atom. The molecule has 0 spiro atoms. The van der Waals surface area contributed by atoms with Crippen LogP contribution in [0.2, 0.25) is 5.02 Å². The third-order valence-corrected chi connectivity index (χ3v) is 3.69. The van der Waals surface area contributed by atoms with E-state index in [0.29, 0.717) is 10.8 Å². The van der Waals surface area contributed by atoms with Gasteiger partial charge in [0.05, 0.1) is 7.11 Å². The maximum Gasteiger partial charge on any atom is 0.147 e. The molecule has 1 aromatic carbocycles. The summed E-state index contributed by atoms with van der Waals surface area (Å²) in [6.45, 7) is 3.41. The summed E-state index contributed by atoms with van der Waals surface area (Å²) in [5, 5.41) is 0.636. The Balaban J connectivity index is 3.27. The molecule has 0 heterocycles. The van der Waals surface area contributed by atoms with Crippen LogP contribution in [-0.4, -0.2) is 12.9 Å². The summed E-state index contributed by atoms with van der Waals surface area (Å²) in [4.78, 5) is 10.9. The molecule has 0 amide bonds. The number of benzene rings is 1. The second-order valence-electron chi connectivity index (χ2n) is 3.32. The van der Waals surface area contributed by atoms with E-state index in [0.717, 1.165) is 11.1 Å². The van der Waals surface area contributed by atoms with Crippen LogP contribution in [0.3, 0.4) is 0 Å². The van der Waals surface area contributed by atoms with Gasteiger partial charge in [0.1, 0.15) is 16.4 Å². The Morgan fingerprint density at radius 3 is 2.60 bits per heavy atom. The highest BCUT2D eigenvalue weighted by Gasteiger charge is 2.18. The van der Waals surface area contributed by atoms with Crippen molar-refractivity contribution in [1.82, 2.24) is 0 Å². The van der Waals surface area contributed by atoms with Gasteiger partial charge < -0.3 is 4.74 Å². The van der Waals surface area contributed by atoms with E-state index >= 15 is 0 Å². The van der Waals surface area contributed by atoms with Crippen molar-refractivity contribution in [2.45, 2.75) is 18.7 Å². The first kappa shape index (κ1) is 12.5. The summed E-state index contributed by atoms with van der Waals surface area (Å²) >= 11 is 9.32. The van der Waals surface area contributed by atoms with Crippen molar-refractivity contribution < 1.29 is 9.53 Å². The minimum absolute atomic E-state index is 0.0215. The van der Waals surface area contributed by atoms with E-state index in [9.17, 15) is 4.79 Å². The van der Waals surface area contributed by atoms with Crippen LogP contribution in [-0.2, 0) is 4.79 Å². The van der Waals surface area contributed by atoms with E-state index in [1.165, 1.54) is 6.92 Å². The first-order valence-electron chi connectivity index (χ1n) is 4.46. The summed E-state index contributed by atoms with van der Waals surface area (Å²) in [6, 6.07) is 3.59. The van der Waals surface area contributed by atoms with Crippen LogP contribution >= 0.6 is 27.5 Å². The van der Waals surface area contributed by atoms with Crippen LogP contribution in [0.15, 0.2) is 12.1 Å². The molecule has 0 bridgehead atoms. The lowest BCUT2D eigenvalue weighted by atomic mass is 10.1. The highest BCUT2D eigenvalue weighted by atomic mass is 79.9. The zero-order valence-electron chi connectivity index (χ0n) is 8.80. The van der Waals surface area contributed by atoms with Crippen molar-refractivity contribution in [3.05, 3.63) is 28.3 Å². The number of carbonyl (C=O) groups is 1. The average Bonchev–Trinajstić information content (AvgIpc) is 2.20. The number of alkyl halides is 1. The van der Waals surface area contributed by atoms with Crippen LogP contribution in [0, 0.1) is 6.92 Å². The molecule has 82 valence electrons. The molecule has 0 aliphatic heterocycles. The second kappa shape index (κ2) is 4.99. The molecule has 0 N–H and O–H groups in total. The van der Waals surface area contributed by atoms with E-state index in [-0.39, 0.29) is 10.6 Å². The molecule has 1 atom stereocenters. The van der Waals surface area contributed by atoms with Crippen LogP contribution < -0.4 is 4.74 Å². The number of Topliss-reactive ketones (excluding diaryl/α,β-unsaturated/α-hetero) is 1. The standard InChI is InChI=1S/C11H12BrClO2/c1-6-4-10(15-3)8(5-9(6)13)11(12)7(2)14/h4-5,11H,1-3H3. The minimum Gasteiger partial charge on any atom is -0.496 e. The van der Waals surface area contributed by atoms with Crippen LogP contribution in [0.5, 0.6) is 5.75 Å². The third-order valence-electron chi connectivity index (χ3n) is 2.14. The summed E-state index contributed by atoms with van der Waals surface area (Å²) in [6.07, 6.45) is 0. The second-order valence-corrected chi connectivity index (χ2v) is 4.64. The van der Waals surface area contributed by atoms with Crippen molar-refractivity contribution in [2.75, 3.05) is 7.11 Å². The maximum absolute atomic E-state index is 11.3. The van der Waals surface area contributed by atoms with E-state index in [1.807, 2.05) is 13.0 Å². The summed E-state index contributed by atoms with van der Waals surface area (Å²) in [7, 11) is 1.58. The van der Waals surface area contributed by atoms with Gasteiger partial charge in [-0.25, -0.2) is 0 Å². The van der Waals surface area contributed by atoms with Gasteiger partial charge in [0.15, 0.2) is 0 Å². The van der Waals surface area contributed by atoms with Gasteiger partial charge in [0, 0.05) is 10.6 Å². The third kappa shape index (κ3) is 2.73. The fraction of sp³-hybridized carbons (Fsp3) is 0.364. The number of carbonyl (C=O) groups excluding carboxylic acids is 1. The van der Waals surface area contributed by atoms with Gasteiger partial charge in [-0.15, -0.1) is 0 Å². The Bertz CT molecular complexity index is 390. The van der Waals surface area contributed by atoms with Gasteiger partial charge >= 0.3 is 0 Å². The first-order valence-corrected chi connectivity index (χ1v) is 5.75. The average molecular weight is 292 g/mol. The van der Waals surface area contributed by atoms with Crippen molar-refractivity contribution in [3.8, 4) is 5.75 Å². The fourth-order valence-corrected chi connectivity index (χ4v) is 1.79. The molecule has 4 heteroatoms. The number of ketones is 1. The van der Waals surface area contributed by atoms with Gasteiger partial charge in [-0.3, -0.25) is 4.79 Å². The van der Waals surface area contributed by atoms with Crippen molar-refractivity contribution in [2.24, 2.45) is 0 Å². The lowest BCUT2D eigenvalue weighted by Gasteiger charge is -2.13. The van der Waals surface area contributed by atoms with E-state index < -0.39 is 0 Å². The molecule has 0 aliphatic carbocycles. The van der Waals surface area contributed by atoms with Gasteiger partial charge in [0.2, 0.25) is 0 Å². The highest BCUT2D eigenvalue weighted by Crippen LogP contribution is 2.35. The highest BCUT2D eigenvalue weighted by molar-refractivity contribution is 9.09. The first-order chi connectivity index (χ1) is 6.97. The molecule has 1 unspecified atom stereocenters. The molecule has 2 nitrogen and oxygen atoms in total. The molecule has 15 heavy (non-hydrogen) atoms. The topological polar surface area (TPSA) is 26.3 Å². The molecule has 1 rings (SSSR count). The van der Waals surface area contributed by atoms with Crippen LogP contribution in [0.1, 0.15) is 22.9 Å². The van der Waals surface area contributed by atoms with Crippen molar-refractivity contribution >= 4 is 33.3 Å². The lowest BCUT2D eigenvalue weighted by molar-refractivity contribution is -0.116. The molecule has 0 aliphatic rings. The minimum atomic E-state index is -0.370. The number of aryl methyl sites for hydroxylation is 1. The maximum atomic E-state index is 11.3. The van der Waals surface area contributed by atoms with E-state index in [4.69, 9.17) is 16.3 Å². The monoisotopic (exact) mass is 290 g/mol. The molecular weight excluding hydrogens is 279 g/mol. The Labute approximate surface area is 103 Å². The van der Waals surface area contributed by atoms with Crippen LogP contribution in [0.4, 0.5) is 0 Å². The SMILES string of the molecule is COc1cc(C)c(Cl)cc1C(Br)C(C)=O. The molecular formula is C11H12BrClO2. The Kier molecular flexibility index (Phi) is 4.17. The molecule has 0 radical (unpaired) electrons. The largest absolute Gasteiger partial charge is 0.496 e. The van der Waals surface area contributed by atoms with Crippen LogP contribution in [0.25, 0.3) is 0 Å². The zero-order chi connectivity index (χ0) is 11.6. The number of methoxy groups -OCH3 is 1. The molecule has 1 aromatic rings. The number of ether oxygens (including phenoxy) is 1. The van der Waals surface area contributed by atoms with E-state index in [1.54, 1.807) is 13.2 Å². The number of rotatable bonds is 3. The smallest absolute Gasteiger partial charge is 0.147 e. The lowest BCUT2D eigenvalue weighted by Crippen LogP contribution is -2.03. The molecule has 0 saturated carbocycles. The van der Waals surface area contributed by atoms with Crippen molar-refractivity contribution in [3.63, 3.8) is 0 Å². The summed E-state index contributed by atoms with van der Waals surface area (Å²) < 4.78 is 5.21. The van der Waals surface area contributed by atoms with Gasteiger partial charge in [-0.2, -0.15) is 0 Å². The number of hydrogen-bond acceptors (Lipinski definition) is 2. The summed E-state index contributed by atoms with van der Waals surface area (Å²) in [5.41, 5.74) is 1.70. The quantitative estimate of drug-likeness (QED) is 0.794. The number of hydrogen-bond donors (Lipinski definition) is 0. The predicted octanol–water partition coefficient (Wildman–Crippen LogP) is 3.68. The molecule has 0 saturated heterocycles. The van der Waals surface area contributed by atoms with E-state index in [2.05, 4.69) is 15.9 Å². The summed E-state index contributed by atoms with van der Waals surface area (Å²) in [5.74, 6) is 0.696. The van der Waals surface area contributed by atoms with Gasteiger partial charge in [-0.05, 0) is 31.5 Å².